The maximum absolute atomic E-state index is 5.54. The number of methoxy groups -OCH3 is 1. The smallest absolute Gasteiger partial charge is 0.298 e. The van der Waals surface area contributed by atoms with Gasteiger partial charge in [-0.2, -0.15) is 9.36 Å². The molecule has 6 heteroatoms. The Labute approximate surface area is 104 Å². The second-order valence-corrected chi connectivity index (χ2v) is 4.43. The van der Waals surface area contributed by atoms with Crippen molar-refractivity contribution in [3.8, 4) is 16.8 Å². The number of ether oxygens (including phenoxy) is 2. The van der Waals surface area contributed by atoms with Gasteiger partial charge in [-0.25, -0.2) is 4.98 Å². The van der Waals surface area contributed by atoms with Crippen molar-refractivity contribution in [1.29, 1.82) is 0 Å². The van der Waals surface area contributed by atoms with E-state index in [1.54, 1.807) is 25.4 Å². The largest absolute Gasteiger partial charge is 0.481 e. The fourth-order valence-corrected chi connectivity index (χ4v) is 1.84. The van der Waals surface area contributed by atoms with Crippen LogP contribution in [0.3, 0.4) is 0 Å². The van der Waals surface area contributed by atoms with Gasteiger partial charge in [0.15, 0.2) is 0 Å². The van der Waals surface area contributed by atoms with Gasteiger partial charge in [0, 0.05) is 23.5 Å². The lowest BCUT2D eigenvalue weighted by Gasteiger charge is -2.01. The third-order valence-electron chi connectivity index (χ3n) is 2.06. The molecule has 0 spiro atoms. The first kappa shape index (κ1) is 11.8. The van der Waals surface area contributed by atoms with E-state index in [1.807, 2.05) is 13.8 Å². The van der Waals surface area contributed by atoms with Crippen LogP contribution >= 0.6 is 11.5 Å². The fourth-order valence-electron chi connectivity index (χ4n) is 1.14. The zero-order chi connectivity index (χ0) is 12.3. The van der Waals surface area contributed by atoms with Gasteiger partial charge in [-0.3, -0.25) is 0 Å². The molecule has 2 aromatic heterocycles. The topological polar surface area (TPSA) is 57.1 Å². The standard InChI is InChI=1S/C11H13N3O2S/c1-7(2)10-13-11(17-14-10)16-8-4-5-9(15-3)12-6-8/h4-7H,1-3H3. The minimum Gasteiger partial charge on any atom is -0.481 e. The molecule has 0 atom stereocenters. The number of nitrogens with zero attached hydrogens (tertiary/aromatic N) is 3. The maximum atomic E-state index is 5.54. The highest BCUT2D eigenvalue weighted by Gasteiger charge is 2.09. The molecule has 5 nitrogen and oxygen atoms in total. The molecule has 2 aromatic rings. The lowest BCUT2D eigenvalue weighted by Crippen LogP contribution is -1.91. The monoisotopic (exact) mass is 251 g/mol. The van der Waals surface area contributed by atoms with E-state index in [1.165, 1.54) is 11.5 Å². The highest BCUT2D eigenvalue weighted by atomic mass is 32.1. The molecular weight excluding hydrogens is 238 g/mol. The van der Waals surface area contributed by atoms with E-state index in [0.717, 1.165) is 5.82 Å². The van der Waals surface area contributed by atoms with Gasteiger partial charge in [0.1, 0.15) is 11.6 Å². The molecule has 2 rings (SSSR count). The van der Waals surface area contributed by atoms with Crippen LogP contribution in [-0.2, 0) is 0 Å². The quantitative estimate of drug-likeness (QED) is 0.836. The van der Waals surface area contributed by atoms with E-state index in [2.05, 4.69) is 14.3 Å². The lowest BCUT2D eigenvalue weighted by atomic mass is 10.2. The molecule has 90 valence electrons. The average molecular weight is 251 g/mol. The summed E-state index contributed by atoms with van der Waals surface area (Å²) < 4.78 is 14.7. The Balaban J connectivity index is 2.08. The van der Waals surface area contributed by atoms with Crippen molar-refractivity contribution in [3.63, 3.8) is 0 Å². The van der Waals surface area contributed by atoms with E-state index in [4.69, 9.17) is 9.47 Å². The first-order chi connectivity index (χ1) is 8.19. The third-order valence-corrected chi connectivity index (χ3v) is 2.67. The Morgan fingerprint density at radius 3 is 2.65 bits per heavy atom. The average Bonchev–Trinajstić information content (AvgIpc) is 2.79. The van der Waals surface area contributed by atoms with Crippen LogP contribution in [0.2, 0.25) is 0 Å². The number of rotatable bonds is 4. The molecule has 0 fully saturated rings. The van der Waals surface area contributed by atoms with E-state index in [-0.39, 0.29) is 0 Å². The van der Waals surface area contributed by atoms with Crippen molar-refractivity contribution < 1.29 is 9.47 Å². The van der Waals surface area contributed by atoms with Crippen LogP contribution in [0.15, 0.2) is 18.3 Å². The summed E-state index contributed by atoms with van der Waals surface area (Å²) in [5, 5.41) is 0.528. The highest BCUT2D eigenvalue weighted by Crippen LogP contribution is 2.25. The molecule has 0 bridgehead atoms. The van der Waals surface area contributed by atoms with Crippen LogP contribution in [-0.4, -0.2) is 21.5 Å². The molecule has 0 unspecified atom stereocenters. The summed E-state index contributed by atoms with van der Waals surface area (Å²) in [7, 11) is 1.57. The van der Waals surface area contributed by atoms with E-state index in [9.17, 15) is 0 Å². The van der Waals surface area contributed by atoms with Crippen molar-refractivity contribution in [2.24, 2.45) is 0 Å². The van der Waals surface area contributed by atoms with Gasteiger partial charge in [0.05, 0.1) is 13.3 Å². The Hall–Kier alpha value is -1.69. The Morgan fingerprint density at radius 2 is 2.12 bits per heavy atom. The Morgan fingerprint density at radius 1 is 1.29 bits per heavy atom. The van der Waals surface area contributed by atoms with Crippen molar-refractivity contribution in [2.75, 3.05) is 7.11 Å². The molecule has 0 aliphatic rings. The normalized spacial score (nSPS) is 10.6. The van der Waals surface area contributed by atoms with Crippen molar-refractivity contribution in [3.05, 3.63) is 24.2 Å². The molecule has 0 saturated heterocycles. The lowest BCUT2D eigenvalue weighted by molar-refractivity contribution is 0.394. The maximum Gasteiger partial charge on any atom is 0.298 e. The molecule has 0 aliphatic carbocycles. The van der Waals surface area contributed by atoms with Gasteiger partial charge >= 0.3 is 0 Å². The molecule has 0 N–H and O–H groups in total. The highest BCUT2D eigenvalue weighted by molar-refractivity contribution is 7.07. The minimum absolute atomic E-state index is 0.303. The molecule has 2 heterocycles. The van der Waals surface area contributed by atoms with Gasteiger partial charge in [0.25, 0.3) is 5.19 Å². The summed E-state index contributed by atoms with van der Waals surface area (Å²) >= 11 is 1.24. The zero-order valence-electron chi connectivity index (χ0n) is 9.88. The second kappa shape index (κ2) is 5.09. The number of hydrogen-bond acceptors (Lipinski definition) is 6. The first-order valence-corrected chi connectivity index (χ1v) is 5.98. The molecule has 0 aromatic carbocycles. The van der Waals surface area contributed by atoms with Crippen LogP contribution in [0.5, 0.6) is 16.8 Å². The molecule has 17 heavy (non-hydrogen) atoms. The molecule has 0 saturated carbocycles. The van der Waals surface area contributed by atoms with Crippen LogP contribution in [0, 0.1) is 0 Å². The predicted molar refractivity (Wildman–Crippen MR) is 64.9 cm³/mol. The summed E-state index contributed by atoms with van der Waals surface area (Å²) in [4.78, 5) is 8.32. The minimum atomic E-state index is 0.303. The second-order valence-electron chi connectivity index (χ2n) is 3.71. The van der Waals surface area contributed by atoms with Crippen molar-refractivity contribution >= 4 is 11.5 Å². The van der Waals surface area contributed by atoms with E-state index < -0.39 is 0 Å². The van der Waals surface area contributed by atoms with E-state index in [0.29, 0.717) is 22.7 Å². The van der Waals surface area contributed by atoms with E-state index >= 15 is 0 Å². The van der Waals surface area contributed by atoms with Crippen molar-refractivity contribution in [2.45, 2.75) is 19.8 Å². The molecule has 0 radical (unpaired) electrons. The van der Waals surface area contributed by atoms with Gasteiger partial charge in [-0.05, 0) is 6.07 Å². The zero-order valence-corrected chi connectivity index (χ0v) is 10.7. The van der Waals surface area contributed by atoms with Gasteiger partial charge in [-0.15, -0.1) is 0 Å². The number of hydrogen-bond donors (Lipinski definition) is 0. The van der Waals surface area contributed by atoms with Gasteiger partial charge in [0.2, 0.25) is 5.88 Å². The number of aromatic nitrogens is 3. The summed E-state index contributed by atoms with van der Waals surface area (Å²) in [5.41, 5.74) is 0. The SMILES string of the molecule is COc1ccc(Oc2nc(C(C)C)ns2)cn1. The number of pyridine rings is 1. The fraction of sp³-hybridized carbons (Fsp3) is 0.364. The van der Waals surface area contributed by atoms with Crippen LogP contribution < -0.4 is 9.47 Å². The Bertz CT molecular complexity index is 482. The van der Waals surface area contributed by atoms with Gasteiger partial charge in [-0.1, -0.05) is 13.8 Å². The summed E-state index contributed by atoms with van der Waals surface area (Å²) in [6, 6.07) is 3.52. The third kappa shape index (κ3) is 2.91. The summed E-state index contributed by atoms with van der Waals surface area (Å²) in [6.45, 7) is 4.08. The summed E-state index contributed by atoms with van der Waals surface area (Å²) in [5.74, 6) is 2.28. The van der Waals surface area contributed by atoms with Crippen LogP contribution in [0.1, 0.15) is 25.6 Å². The van der Waals surface area contributed by atoms with Gasteiger partial charge < -0.3 is 9.47 Å². The Kier molecular flexibility index (Phi) is 3.53. The molecular formula is C11H13N3O2S. The van der Waals surface area contributed by atoms with Crippen molar-refractivity contribution in [1.82, 2.24) is 14.3 Å². The molecule has 0 amide bonds. The summed E-state index contributed by atoms with van der Waals surface area (Å²) in [6.07, 6.45) is 1.59. The molecule has 0 aliphatic heterocycles. The van der Waals surface area contributed by atoms with Crippen LogP contribution in [0.25, 0.3) is 0 Å². The predicted octanol–water partition coefficient (Wildman–Crippen LogP) is 2.86. The van der Waals surface area contributed by atoms with Crippen LogP contribution in [0.4, 0.5) is 0 Å². The first-order valence-electron chi connectivity index (χ1n) is 5.20.